The van der Waals surface area contributed by atoms with E-state index in [4.69, 9.17) is 18.9 Å². The zero-order chi connectivity index (χ0) is 35.3. The first-order valence-electron chi connectivity index (χ1n) is 15.7. The zero-order valence-corrected chi connectivity index (χ0v) is 29.1. The van der Waals surface area contributed by atoms with Crippen LogP contribution in [-0.4, -0.2) is 48.6 Å². The van der Waals surface area contributed by atoms with Crippen molar-refractivity contribution in [3.8, 4) is 11.5 Å². The SMILES string of the molecule is C=CC(=O)OCCCCOc1ccc(C=CC(=O)Sc2ccc(SC(=O)C=Cc3ccc(OCCCCOC(=O)C=C)cc3)c(C)c2)cc1. The van der Waals surface area contributed by atoms with Crippen LogP contribution in [0.4, 0.5) is 0 Å². The molecule has 0 unspecified atom stereocenters. The fraction of sp³-hybridized carbons (Fsp3) is 0.231. The second-order valence-electron chi connectivity index (χ2n) is 10.4. The highest BCUT2D eigenvalue weighted by atomic mass is 32.2. The Balaban J connectivity index is 1.37. The number of benzene rings is 3. The highest BCUT2D eigenvalue weighted by Gasteiger charge is 2.08. The summed E-state index contributed by atoms with van der Waals surface area (Å²) in [5.74, 6) is 0.592. The second-order valence-corrected chi connectivity index (χ2v) is 12.6. The Kier molecular flexibility index (Phi) is 17.3. The van der Waals surface area contributed by atoms with E-state index in [1.165, 1.54) is 12.2 Å². The van der Waals surface area contributed by atoms with Crippen molar-refractivity contribution in [3.63, 3.8) is 0 Å². The first kappa shape index (κ1) is 38.6. The summed E-state index contributed by atoms with van der Waals surface area (Å²) in [4.78, 5) is 48.9. The number of hydrogen-bond acceptors (Lipinski definition) is 10. The first-order chi connectivity index (χ1) is 23.7. The van der Waals surface area contributed by atoms with Crippen LogP contribution in [-0.2, 0) is 28.7 Å². The number of unbranched alkanes of at least 4 members (excludes halogenated alkanes) is 2. The molecule has 0 aromatic heterocycles. The molecule has 49 heavy (non-hydrogen) atoms. The number of carbonyl (C=O) groups excluding carboxylic acids is 4. The Morgan fingerprint density at radius 1 is 0.612 bits per heavy atom. The first-order valence-corrected chi connectivity index (χ1v) is 17.3. The molecule has 0 bridgehead atoms. The molecule has 0 saturated carbocycles. The summed E-state index contributed by atoms with van der Waals surface area (Å²) in [5.41, 5.74) is 2.64. The molecule has 0 amide bonds. The van der Waals surface area contributed by atoms with Crippen LogP contribution >= 0.6 is 23.5 Å². The molecule has 0 radical (unpaired) electrons. The number of aryl methyl sites for hydroxylation is 1. The van der Waals surface area contributed by atoms with E-state index in [-0.39, 0.29) is 10.2 Å². The van der Waals surface area contributed by atoms with Gasteiger partial charge in [0.2, 0.25) is 10.2 Å². The van der Waals surface area contributed by atoms with Gasteiger partial charge in [0.05, 0.1) is 26.4 Å². The normalized spacial score (nSPS) is 10.9. The molecule has 0 aliphatic heterocycles. The van der Waals surface area contributed by atoms with Crippen LogP contribution in [0.25, 0.3) is 12.2 Å². The molecule has 3 aromatic carbocycles. The third-order valence-electron chi connectivity index (χ3n) is 6.60. The maximum atomic E-state index is 12.6. The van der Waals surface area contributed by atoms with Gasteiger partial charge in [-0.15, -0.1) is 0 Å². The predicted octanol–water partition coefficient (Wildman–Crippen LogP) is 8.44. The second kappa shape index (κ2) is 22.0. The largest absolute Gasteiger partial charge is 0.494 e. The van der Waals surface area contributed by atoms with Crippen LogP contribution in [0.15, 0.2) is 114 Å². The van der Waals surface area contributed by atoms with Gasteiger partial charge in [0.25, 0.3) is 0 Å². The quantitative estimate of drug-likeness (QED) is 0.0494. The van der Waals surface area contributed by atoms with Crippen molar-refractivity contribution in [1.82, 2.24) is 0 Å². The zero-order valence-electron chi connectivity index (χ0n) is 27.5. The minimum Gasteiger partial charge on any atom is -0.494 e. The van der Waals surface area contributed by atoms with Gasteiger partial charge >= 0.3 is 11.9 Å². The number of hydrogen-bond donors (Lipinski definition) is 0. The molecule has 3 rings (SSSR count). The van der Waals surface area contributed by atoms with E-state index in [9.17, 15) is 19.2 Å². The van der Waals surface area contributed by atoms with Crippen LogP contribution in [0.1, 0.15) is 42.4 Å². The lowest BCUT2D eigenvalue weighted by Crippen LogP contribution is -2.04. The summed E-state index contributed by atoms with van der Waals surface area (Å²) < 4.78 is 21.3. The monoisotopic (exact) mass is 700 g/mol. The smallest absolute Gasteiger partial charge is 0.330 e. The van der Waals surface area contributed by atoms with E-state index < -0.39 is 11.9 Å². The standard InChI is InChI=1S/C39H40O8S2/c1-4-36(40)46-26-8-6-24-44-32-16-10-30(11-17-32)14-22-38(42)48-34-20-21-35(29(3)28-34)49-39(43)23-15-31-12-18-33(19-13-31)45-25-7-9-27-47-37(41)5-2/h4-5,10-23,28H,1-2,6-9,24-27H2,3H3. The molecular weight excluding hydrogens is 661 g/mol. The van der Waals surface area contributed by atoms with Crippen LogP contribution in [0.5, 0.6) is 11.5 Å². The van der Waals surface area contributed by atoms with Gasteiger partial charge in [0.15, 0.2) is 0 Å². The summed E-state index contributed by atoms with van der Waals surface area (Å²) in [6.07, 6.45) is 11.8. The van der Waals surface area contributed by atoms with Crippen molar-refractivity contribution in [2.24, 2.45) is 0 Å². The van der Waals surface area contributed by atoms with Crippen molar-refractivity contribution in [2.45, 2.75) is 42.4 Å². The van der Waals surface area contributed by atoms with Gasteiger partial charge in [0, 0.05) is 21.9 Å². The fourth-order valence-electron chi connectivity index (χ4n) is 4.02. The maximum absolute atomic E-state index is 12.6. The van der Waals surface area contributed by atoms with Crippen molar-refractivity contribution >= 4 is 57.8 Å². The Labute approximate surface area is 296 Å². The summed E-state index contributed by atoms with van der Waals surface area (Å²) >= 11 is 2.25. The predicted molar refractivity (Wildman–Crippen MR) is 196 cm³/mol. The van der Waals surface area contributed by atoms with E-state index in [0.717, 1.165) is 86.5 Å². The molecular formula is C39H40O8S2. The van der Waals surface area contributed by atoms with Gasteiger partial charge in [0.1, 0.15) is 11.5 Å². The lowest BCUT2D eigenvalue weighted by molar-refractivity contribution is -0.138. The number of esters is 2. The molecule has 0 aliphatic carbocycles. The Morgan fingerprint density at radius 3 is 1.51 bits per heavy atom. The molecule has 0 N–H and O–H groups in total. The molecule has 3 aromatic rings. The number of ether oxygens (including phenoxy) is 4. The average Bonchev–Trinajstić information content (AvgIpc) is 3.11. The van der Waals surface area contributed by atoms with Crippen molar-refractivity contribution in [1.29, 1.82) is 0 Å². The van der Waals surface area contributed by atoms with Crippen molar-refractivity contribution in [2.75, 3.05) is 26.4 Å². The average molecular weight is 701 g/mol. The van der Waals surface area contributed by atoms with Crippen LogP contribution in [0.3, 0.4) is 0 Å². The van der Waals surface area contributed by atoms with Crippen molar-refractivity contribution < 1.29 is 38.1 Å². The molecule has 0 saturated heterocycles. The fourth-order valence-corrected chi connectivity index (χ4v) is 5.47. The highest BCUT2D eigenvalue weighted by Crippen LogP contribution is 2.29. The topological polar surface area (TPSA) is 105 Å². The van der Waals surface area contributed by atoms with E-state index in [1.807, 2.05) is 73.7 Å². The Bertz CT molecular complexity index is 1630. The van der Waals surface area contributed by atoms with E-state index in [2.05, 4.69) is 13.2 Å². The molecule has 0 aliphatic rings. The minimum absolute atomic E-state index is 0.108. The number of carbonyl (C=O) groups is 4. The van der Waals surface area contributed by atoms with Gasteiger partial charge in [-0.2, -0.15) is 0 Å². The molecule has 10 heteroatoms. The molecule has 256 valence electrons. The van der Waals surface area contributed by atoms with Crippen LogP contribution < -0.4 is 9.47 Å². The highest BCUT2D eigenvalue weighted by molar-refractivity contribution is 8.14. The summed E-state index contributed by atoms with van der Waals surface area (Å²) in [5, 5.41) is -0.220. The summed E-state index contributed by atoms with van der Waals surface area (Å²) in [6.45, 7) is 10.3. The molecule has 0 heterocycles. The Hall–Kier alpha value is -4.80. The number of rotatable bonds is 20. The van der Waals surface area contributed by atoms with Gasteiger partial charge in [-0.25, -0.2) is 9.59 Å². The third-order valence-corrected chi connectivity index (χ3v) is 8.44. The molecule has 0 atom stereocenters. The minimum atomic E-state index is -0.425. The van der Waals surface area contributed by atoms with Crippen molar-refractivity contribution in [3.05, 3.63) is 121 Å². The third kappa shape index (κ3) is 15.8. The molecule has 8 nitrogen and oxygen atoms in total. The Morgan fingerprint density at radius 2 is 1.06 bits per heavy atom. The van der Waals surface area contributed by atoms with Gasteiger partial charge in [-0.1, -0.05) is 49.6 Å². The summed E-state index contributed by atoms with van der Waals surface area (Å²) in [7, 11) is 0. The van der Waals surface area contributed by atoms with Gasteiger partial charge < -0.3 is 18.9 Å². The van der Waals surface area contributed by atoms with Crippen LogP contribution in [0.2, 0.25) is 0 Å². The molecule has 0 spiro atoms. The van der Waals surface area contributed by atoms with Crippen LogP contribution in [0, 0.1) is 6.92 Å². The van der Waals surface area contributed by atoms with Gasteiger partial charge in [-0.05, 0) is 127 Å². The number of thioether (sulfide) groups is 2. The summed E-state index contributed by atoms with van der Waals surface area (Å²) in [6, 6.07) is 20.5. The van der Waals surface area contributed by atoms with E-state index in [0.29, 0.717) is 39.3 Å². The lowest BCUT2D eigenvalue weighted by Gasteiger charge is -2.07. The van der Waals surface area contributed by atoms with Gasteiger partial charge in [-0.3, -0.25) is 9.59 Å². The lowest BCUT2D eigenvalue weighted by atomic mass is 10.2. The van der Waals surface area contributed by atoms with E-state index in [1.54, 1.807) is 12.2 Å². The molecule has 0 fully saturated rings. The van der Waals surface area contributed by atoms with E-state index >= 15 is 0 Å². The maximum Gasteiger partial charge on any atom is 0.330 e.